The highest BCUT2D eigenvalue weighted by Gasteiger charge is 2.55. The van der Waals surface area contributed by atoms with Crippen LogP contribution in [0.2, 0.25) is 0 Å². The van der Waals surface area contributed by atoms with E-state index in [9.17, 15) is 19.4 Å². The van der Waals surface area contributed by atoms with Gasteiger partial charge in [-0.1, -0.05) is 0 Å². The van der Waals surface area contributed by atoms with E-state index in [2.05, 4.69) is 4.98 Å². The Bertz CT molecular complexity index is 518. The number of nitrogens with zero attached hydrogens (tertiary/aromatic N) is 2. The largest absolute Gasteiger partial charge is 0.393 e. The smallest absolute Gasteiger partial charge is 0.351 e. The molecule has 0 radical (unpaired) electrons. The molecule has 0 aromatic carbocycles. The van der Waals surface area contributed by atoms with Crippen LogP contribution in [0.25, 0.3) is 0 Å². The Kier molecular flexibility index (Phi) is 3.54. The molecule has 6 N–H and O–H groups in total. The lowest BCUT2D eigenvalue weighted by Gasteiger charge is -2.27. The maximum absolute atomic E-state index is 14.1. The molecule has 0 bridgehead atoms. The van der Waals surface area contributed by atoms with E-state index in [0.717, 1.165) is 4.57 Å². The van der Waals surface area contributed by atoms with Crippen LogP contribution >= 0.6 is 0 Å². The van der Waals surface area contributed by atoms with Crippen molar-refractivity contribution in [3.05, 3.63) is 22.7 Å². The number of aromatic nitrogens is 2. The molecule has 1 aromatic rings. The second kappa shape index (κ2) is 4.85. The van der Waals surface area contributed by atoms with Crippen LogP contribution in [0.5, 0.6) is 0 Å². The number of rotatable bonds is 3. The molecule has 0 amide bonds. The van der Waals surface area contributed by atoms with Crippen LogP contribution in [-0.4, -0.2) is 50.8 Å². The second-order valence-corrected chi connectivity index (χ2v) is 4.37. The first-order valence-corrected chi connectivity index (χ1v) is 5.61. The van der Waals surface area contributed by atoms with Gasteiger partial charge in [-0.3, -0.25) is 4.57 Å². The summed E-state index contributed by atoms with van der Waals surface area (Å²) in [6.07, 6.45) is -3.76. The third-order valence-corrected chi connectivity index (χ3v) is 3.21. The highest BCUT2D eigenvalue weighted by molar-refractivity contribution is 5.23. The Balaban J connectivity index is 2.39. The zero-order valence-electron chi connectivity index (χ0n) is 9.94. The SMILES string of the molecule is NC[C@]1(CO)O[C@@H](n2ccc(N)nc2=O)[C@@H](F)[C@@H]1O. The van der Waals surface area contributed by atoms with Crippen LogP contribution in [0.4, 0.5) is 10.2 Å². The lowest BCUT2D eigenvalue weighted by atomic mass is 9.97. The third-order valence-electron chi connectivity index (χ3n) is 3.21. The van der Waals surface area contributed by atoms with Crippen molar-refractivity contribution in [2.45, 2.75) is 24.1 Å². The average molecular weight is 274 g/mol. The molecule has 19 heavy (non-hydrogen) atoms. The predicted octanol–water partition coefficient (Wildman–Crippen LogP) is -2.26. The summed E-state index contributed by atoms with van der Waals surface area (Å²) >= 11 is 0. The molecule has 1 aromatic heterocycles. The third kappa shape index (κ3) is 2.10. The first-order chi connectivity index (χ1) is 8.95. The summed E-state index contributed by atoms with van der Waals surface area (Å²) in [5.74, 6) is -0.0116. The minimum atomic E-state index is -1.92. The molecule has 9 heteroatoms. The van der Waals surface area contributed by atoms with Crippen LogP contribution in [0.1, 0.15) is 6.23 Å². The zero-order valence-corrected chi connectivity index (χ0v) is 9.94. The lowest BCUT2D eigenvalue weighted by Crippen LogP contribution is -2.51. The van der Waals surface area contributed by atoms with Crippen molar-refractivity contribution in [2.75, 3.05) is 18.9 Å². The number of halogens is 1. The van der Waals surface area contributed by atoms with Gasteiger partial charge in [-0.15, -0.1) is 0 Å². The van der Waals surface area contributed by atoms with Gasteiger partial charge in [0.15, 0.2) is 12.4 Å². The lowest BCUT2D eigenvalue weighted by molar-refractivity contribution is -0.122. The topological polar surface area (TPSA) is 137 Å². The molecule has 2 heterocycles. The normalized spacial score (nSPS) is 34.6. The van der Waals surface area contributed by atoms with Gasteiger partial charge >= 0.3 is 5.69 Å². The van der Waals surface area contributed by atoms with E-state index < -0.39 is 36.4 Å². The van der Waals surface area contributed by atoms with Crippen molar-refractivity contribution in [3.8, 4) is 0 Å². The molecule has 4 atom stereocenters. The number of nitrogen functional groups attached to an aromatic ring is 1. The van der Waals surface area contributed by atoms with Gasteiger partial charge in [-0.25, -0.2) is 9.18 Å². The predicted molar refractivity (Wildman–Crippen MR) is 62.8 cm³/mol. The molecule has 1 aliphatic heterocycles. The van der Waals surface area contributed by atoms with Crippen molar-refractivity contribution >= 4 is 5.82 Å². The van der Waals surface area contributed by atoms with Crippen LogP contribution in [0, 0.1) is 0 Å². The van der Waals surface area contributed by atoms with Gasteiger partial charge in [0, 0.05) is 12.7 Å². The van der Waals surface area contributed by atoms with Crippen LogP contribution in [-0.2, 0) is 4.74 Å². The monoisotopic (exact) mass is 274 g/mol. The van der Waals surface area contributed by atoms with Crippen LogP contribution < -0.4 is 17.2 Å². The Morgan fingerprint density at radius 3 is 2.79 bits per heavy atom. The summed E-state index contributed by atoms with van der Waals surface area (Å²) in [6, 6.07) is 1.30. The number of aliphatic hydroxyl groups is 2. The molecule has 0 saturated carbocycles. The van der Waals surface area contributed by atoms with Crippen molar-refractivity contribution in [1.82, 2.24) is 9.55 Å². The molecule has 1 aliphatic rings. The highest BCUT2D eigenvalue weighted by atomic mass is 19.1. The molecular weight excluding hydrogens is 259 g/mol. The zero-order chi connectivity index (χ0) is 14.2. The number of ether oxygens (including phenoxy) is 1. The van der Waals surface area contributed by atoms with E-state index in [1.165, 1.54) is 12.3 Å². The van der Waals surface area contributed by atoms with E-state index in [-0.39, 0.29) is 12.4 Å². The molecule has 106 valence electrons. The van der Waals surface area contributed by atoms with Gasteiger partial charge in [0.2, 0.25) is 0 Å². The number of hydrogen-bond donors (Lipinski definition) is 4. The maximum Gasteiger partial charge on any atom is 0.351 e. The van der Waals surface area contributed by atoms with Gasteiger partial charge in [0.1, 0.15) is 17.5 Å². The Morgan fingerprint density at radius 2 is 2.32 bits per heavy atom. The molecule has 2 rings (SSSR count). The summed E-state index contributed by atoms with van der Waals surface area (Å²) < 4.78 is 20.2. The number of aliphatic hydroxyl groups excluding tert-OH is 2. The first-order valence-electron chi connectivity index (χ1n) is 5.61. The Labute approximate surface area is 107 Å². The standard InChI is InChI=1S/C10H15FN4O4/c11-6-7(17)10(3-12,4-16)19-8(6)15-2-1-5(13)14-9(15)18/h1-2,6-8,16-17H,3-4,12H2,(H2,13,14,18)/t6-,7-,8+,10+/m0/s1. The van der Waals surface area contributed by atoms with E-state index in [0.29, 0.717) is 0 Å². The van der Waals surface area contributed by atoms with Crippen molar-refractivity contribution in [3.63, 3.8) is 0 Å². The van der Waals surface area contributed by atoms with Gasteiger partial charge in [-0.05, 0) is 6.07 Å². The van der Waals surface area contributed by atoms with Gasteiger partial charge < -0.3 is 26.4 Å². The van der Waals surface area contributed by atoms with Crippen LogP contribution in [0.15, 0.2) is 17.1 Å². The second-order valence-electron chi connectivity index (χ2n) is 4.37. The van der Waals surface area contributed by atoms with Crippen molar-refractivity contribution in [1.29, 1.82) is 0 Å². The first kappa shape index (κ1) is 13.9. The minimum Gasteiger partial charge on any atom is -0.393 e. The molecular formula is C10H15FN4O4. The van der Waals surface area contributed by atoms with Gasteiger partial charge in [-0.2, -0.15) is 4.98 Å². The number of hydrogen-bond acceptors (Lipinski definition) is 7. The summed E-state index contributed by atoms with van der Waals surface area (Å²) in [6.45, 7) is -0.961. The molecule has 0 spiro atoms. The summed E-state index contributed by atoms with van der Waals surface area (Å²) in [5, 5.41) is 19.0. The van der Waals surface area contributed by atoms with E-state index >= 15 is 0 Å². The van der Waals surface area contributed by atoms with Crippen LogP contribution in [0.3, 0.4) is 0 Å². The molecule has 1 saturated heterocycles. The fourth-order valence-electron chi connectivity index (χ4n) is 2.02. The molecule has 0 aliphatic carbocycles. The van der Waals surface area contributed by atoms with E-state index in [1.807, 2.05) is 0 Å². The van der Waals surface area contributed by atoms with Gasteiger partial charge in [0.05, 0.1) is 6.61 Å². The summed E-state index contributed by atoms with van der Waals surface area (Å²) in [4.78, 5) is 15.1. The Morgan fingerprint density at radius 1 is 1.63 bits per heavy atom. The van der Waals surface area contributed by atoms with Crippen molar-refractivity contribution in [2.24, 2.45) is 5.73 Å². The van der Waals surface area contributed by atoms with E-state index in [4.69, 9.17) is 16.2 Å². The summed E-state index contributed by atoms with van der Waals surface area (Å²) in [5.41, 5.74) is 8.28. The maximum atomic E-state index is 14.1. The number of alkyl halides is 1. The van der Waals surface area contributed by atoms with Crippen molar-refractivity contribution < 1.29 is 19.3 Å². The fraction of sp³-hybridized carbons (Fsp3) is 0.600. The number of anilines is 1. The Hall–Kier alpha value is -1.55. The average Bonchev–Trinajstić information content (AvgIpc) is 2.64. The summed E-state index contributed by atoms with van der Waals surface area (Å²) in [7, 11) is 0. The van der Waals surface area contributed by atoms with Gasteiger partial charge in [0.25, 0.3) is 0 Å². The fourth-order valence-corrected chi connectivity index (χ4v) is 2.02. The van der Waals surface area contributed by atoms with E-state index in [1.54, 1.807) is 0 Å². The molecule has 1 fully saturated rings. The molecule has 8 nitrogen and oxygen atoms in total. The molecule has 0 unspecified atom stereocenters. The highest BCUT2D eigenvalue weighted by Crippen LogP contribution is 2.37. The number of nitrogens with two attached hydrogens (primary N) is 2. The quantitative estimate of drug-likeness (QED) is 0.488. The minimum absolute atomic E-state index is 0.0116.